The molecule has 0 spiro atoms. The summed E-state index contributed by atoms with van der Waals surface area (Å²) in [5, 5.41) is 35.9. The van der Waals surface area contributed by atoms with E-state index in [1.807, 2.05) is 30.3 Å². The number of rotatable bonds is 72. The van der Waals surface area contributed by atoms with Gasteiger partial charge in [0.15, 0.2) is 49.4 Å². The highest BCUT2D eigenvalue weighted by Crippen LogP contribution is 2.33. The summed E-state index contributed by atoms with van der Waals surface area (Å²) >= 11 is 0. The summed E-state index contributed by atoms with van der Waals surface area (Å²) in [6.07, 6.45) is -10.3. The van der Waals surface area contributed by atoms with Crippen molar-refractivity contribution in [3.8, 4) is 0 Å². The number of hydrogen-bond donors (Lipinski definition) is 10. The van der Waals surface area contributed by atoms with Crippen molar-refractivity contribution < 1.29 is 191 Å². The average molecular weight is 2110 g/mol. The zero-order valence-corrected chi connectivity index (χ0v) is 86.8. The van der Waals surface area contributed by atoms with Crippen LogP contribution in [-0.4, -0.2) is 346 Å². The second-order valence-corrected chi connectivity index (χ2v) is 36.0. The fourth-order valence-electron chi connectivity index (χ4n) is 16.2. The van der Waals surface area contributed by atoms with Crippen molar-refractivity contribution in [1.29, 1.82) is 0 Å². The van der Waals surface area contributed by atoms with E-state index < -0.39 is 220 Å². The van der Waals surface area contributed by atoms with Crippen molar-refractivity contribution in [3.05, 3.63) is 35.9 Å². The number of amides is 9. The van der Waals surface area contributed by atoms with Crippen LogP contribution in [0.4, 0.5) is 4.79 Å². The van der Waals surface area contributed by atoms with Crippen molar-refractivity contribution in [2.75, 3.05) is 112 Å². The second-order valence-electron chi connectivity index (χ2n) is 36.0. The lowest BCUT2D eigenvalue weighted by atomic mass is 9.96. The smallest absolute Gasteiger partial charge is 0.407 e. The van der Waals surface area contributed by atoms with Crippen LogP contribution in [0.3, 0.4) is 0 Å². The Hall–Kier alpha value is -11.3. The molecule has 4 aliphatic rings. The average Bonchev–Trinajstić information content (AvgIpc) is 0.733. The molecule has 5 rings (SSSR count). The Labute approximate surface area is 861 Å². The molecule has 4 saturated heterocycles. The van der Waals surface area contributed by atoms with Gasteiger partial charge in [-0.15, -0.1) is 0 Å². The van der Waals surface area contributed by atoms with Gasteiger partial charge in [0.1, 0.15) is 106 Å². The number of unbranched alkanes of at least 4 members (excludes halogenated alkanes) is 11. The van der Waals surface area contributed by atoms with Crippen molar-refractivity contribution in [1.82, 2.24) is 47.9 Å². The van der Waals surface area contributed by atoms with Crippen LogP contribution in [0.2, 0.25) is 0 Å². The van der Waals surface area contributed by atoms with Crippen LogP contribution in [0.15, 0.2) is 30.3 Å². The fraction of sp³-hybridized carbons (Fsp3) is 0.747. The van der Waals surface area contributed by atoms with Crippen molar-refractivity contribution in [3.63, 3.8) is 0 Å². The van der Waals surface area contributed by atoms with Gasteiger partial charge in [-0.1, -0.05) is 68.9 Å². The van der Waals surface area contributed by atoms with Crippen LogP contribution >= 0.6 is 0 Å². The summed E-state index contributed by atoms with van der Waals surface area (Å²) in [6, 6.07) is 5.91. The molecule has 0 unspecified atom stereocenters. The van der Waals surface area contributed by atoms with Crippen LogP contribution in [0.1, 0.15) is 249 Å². The number of esters is 9. The molecule has 49 nitrogen and oxygen atoms in total. The summed E-state index contributed by atoms with van der Waals surface area (Å²) in [6.45, 7) is 11.8. The number of aliphatic hydroxyl groups excluding tert-OH is 1. The van der Waals surface area contributed by atoms with E-state index in [0.717, 1.165) is 93.1 Å². The van der Waals surface area contributed by atoms with E-state index in [4.69, 9.17) is 94.7 Å². The van der Waals surface area contributed by atoms with Gasteiger partial charge in [-0.3, -0.25) is 86.3 Å². The number of nitrogens with one attached hydrogen (secondary N) is 9. The molecule has 0 aromatic heterocycles. The third kappa shape index (κ3) is 54.2. The van der Waals surface area contributed by atoms with Gasteiger partial charge in [0, 0.05) is 187 Å². The first-order valence-electron chi connectivity index (χ1n) is 50.8. The number of benzene rings is 1. The molecule has 148 heavy (non-hydrogen) atoms. The quantitative estimate of drug-likeness (QED) is 0.0255. The molecule has 0 aliphatic carbocycles. The number of carbonyl (C=O) groups excluding carboxylic acids is 19. The van der Waals surface area contributed by atoms with Gasteiger partial charge in [-0.25, -0.2) is 4.79 Å². The number of aliphatic hydroxyl groups is 1. The molecule has 0 saturated carbocycles. The molecular formula is C99H155N9O40. The molecule has 1 aromatic carbocycles. The third-order valence-electron chi connectivity index (χ3n) is 23.1. The molecule has 4 aliphatic heterocycles. The Bertz CT molecular complexity index is 4290. The first kappa shape index (κ1) is 127. The molecule has 1 aromatic rings. The zero-order chi connectivity index (χ0) is 109. The zero-order valence-electron chi connectivity index (χ0n) is 86.8. The monoisotopic (exact) mass is 2110 g/mol. The summed E-state index contributed by atoms with van der Waals surface area (Å²) in [5.74, 6) is -9.63. The lowest BCUT2D eigenvalue weighted by molar-refractivity contribution is -0.277. The highest BCUT2D eigenvalue weighted by Gasteiger charge is 2.54. The van der Waals surface area contributed by atoms with Crippen LogP contribution < -0.4 is 47.9 Å². The summed E-state index contributed by atoms with van der Waals surface area (Å²) < 4.78 is 115. The number of hydrogen-bond acceptors (Lipinski definition) is 40. The van der Waals surface area contributed by atoms with Crippen LogP contribution in [-0.2, 0) is 188 Å². The van der Waals surface area contributed by atoms with Gasteiger partial charge in [-0.2, -0.15) is 0 Å². The van der Waals surface area contributed by atoms with Gasteiger partial charge >= 0.3 is 59.8 Å². The van der Waals surface area contributed by atoms with Gasteiger partial charge < -0.3 is 148 Å². The van der Waals surface area contributed by atoms with Crippen molar-refractivity contribution >= 4 is 113 Å². The number of alkyl carbamates (subject to hydrolysis) is 1. The number of carbonyl (C=O) groups is 19. The molecule has 0 bridgehead atoms. The lowest BCUT2D eigenvalue weighted by Crippen LogP contribution is -2.66. The predicted octanol–water partition coefficient (Wildman–Crippen LogP) is 2.75. The minimum absolute atomic E-state index is 0.00147. The van der Waals surface area contributed by atoms with Crippen molar-refractivity contribution in [2.45, 2.75) is 366 Å². The lowest BCUT2D eigenvalue weighted by Gasteiger charge is -2.44. The fourth-order valence-corrected chi connectivity index (χ4v) is 16.2. The molecular weight excluding hydrogens is 1960 g/mol. The molecule has 19 atom stereocenters. The number of Topliss-reactive ketones (excluding diaryl/α,β-unsaturated/α-hetero) is 1. The predicted molar refractivity (Wildman–Crippen MR) is 515 cm³/mol. The third-order valence-corrected chi connectivity index (χ3v) is 23.1. The van der Waals surface area contributed by atoms with E-state index in [9.17, 15) is 96.2 Å². The van der Waals surface area contributed by atoms with E-state index in [2.05, 4.69) is 47.9 Å². The van der Waals surface area contributed by atoms with Crippen LogP contribution in [0, 0.1) is 0 Å². The minimum Gasteiger partial charge on any atom is -0.463 e. The standard InChI is InChI=1S/C99H155N9O40/c1-61(109)106-85-88(127)89(141-67(7)115)76(58-135-64(4)112)146-96(85)132-49-28-23-37-80(122)102-46-32-48-104-83(125)42-54-131-90-74(129-53-41-82(124)103-47-31-45-101-81(123)38-25-30-51-134-98-87(108-63(3)111)95(145-71(11)119)93(143-69(9)117)78(148-98)60-137-66(6)114)56-138-75(57-140-99(128)105-44-26-16-14-12-13-15-22-39-84(126)139-55-72-33-19-17-20-34-72)91(90)130-52-40-73(120)35-21-18-27-43-100-79(121)36-24-29-50-133-97-86(107-62(2)110)94(144-70(10)118)92(142-68(8)116)77(147-97)59-136-65(5)113/h17,19-20,33-34,74-78,85-98,127H,12-16,18,21-32,35-60H2,1-11H3,(H,100,121)(H,101,123)(H,102,122)(H,103,124)(H,104,125)(H,105,128)(H,106,109)(H,107,110)(H,108,111)/t74-,75+,76+,77+,78+,85+,86+,87+,88+,89-,90+,91+,92-,93-,94+,95+,96+,97+,98+/m0/s1. The molecule has 4 heterocycles. The Kier molecular flexibility index (Phi) is 62.7. The Morgan fingerprint density at radius 1 is 0.297 bits per heavy atom. The van der Waals surface area contributed by atoms with E-state index in [0.29, 0.717) is 96.4 Å². The van der Waals surface area contributed by atoms with E-state index in [1.54, 1.807) is 0 Å². The van der Waals surface area contributed by atoms with E-state index in [1.165, 1.54) is 20.8 Å². The van der Waals surface area contributed by atoms with E-state index in [-0.39, 0.29) is 167 Å². The van der Waals surface area contributed by atoms with Crippen LogP contribution in [0.5, 0.6) is 0 Å². The maximum absolute atomic E-state index is 13.6. The minimum atomic E-state index is -1.52. The van der Waals surface area contributed by atoms with Gasteiger partial charge in [0.25, 0.3) is 0 Å². The largest absolute Gasteiger partial charge is 0.463 e. The van der Waals surface area contributed by atoms with Crippen molar-refractivity contribution in [2.24, 2.45) is 0 Å². The van der Waals surface area contributed by atoms with Crippen LogP contribution in [0.25, 0.3) is 0 Å². The maximum atomic E-state index is 13.6. The maximum Gasteiger partial charge on any atom is 0.407 e. The topological polar surface area (TPSA) is 637 Å². The molecule has 0 radical (unpaired) electrons. The van der Waals surface area contributed by atoms with E-state index >= 15 is 0 Å². The van der Waals surface area contributed by atoms with Gasteiger partial charge in [-0.05, 0) is 82.6 Å². The number of ether oxygens (including phenoxy) is 20. The highest BCUT2D eigenvalue weighted by atomic mass is 16.7. The first-order valence-corrected chi connectivity index (χ1v) is 50.8. The summed E-state index contributed by atoms with van der Waals surface area (Å²) in [4.78, 5) is 238. The summed E-state index contributed by atoms with van der Waals surface area (Å²) in [5.41, 5.74) is 0.914. The molecule has 4 fully saturated rings. The second kappa shape index (κ2) is 73.0. The molecule has 49 heteroatoms. The summed E-state index contributed by atoms with van der Waals surface area (Å²) in [7, 11) is 0. The Balaban J connectivity index is 1.19. The van der Waals surface area contributed by atoms with Gasteiger partial charge in [0.2, 0.25) is 47.3 Å². The number of ketones is 1. The Morgan fingerprint density at radius 3 is 1.08 bits per heavy atom. The first-order chi connectivity index (χ1) is 70.8. The molecule has 10 N–H and O–H groups in total. The normalized spacial score (nSPS) is 22.9. The molecule has 9 amide bonds. The SMILES string of the molecule is CC(=O)N[C@H]1[C@H](OCCCCC(=O)NCCCNC(=O)CCO[C@H]2[C@H](OCCC(=O)CCCCCNC(=O)CCCCO[C@@H]3O[C@H](COC(C)=O)[C@H](OC(C)=O)[C@H](OC(C)=O)[C@H]3NC(C)=O)[C@@H](COC(=O)NCCCCCCCCCC(=O)OCc3ccccc3)OC[C@@H]2OCCC(=O)NCCCNC(=O)CCCCO[C@@H]2O[C@H](COC(C)=O)[C@H](OC(C)=O)[C@H](OC(C)=O)[C@H]2NC(C)=O)O[C@H](COC(C)=O)[C@H](OC(C)=O)[C@@H]1O. The molecule has 836 valence electrons. The van der Waals surface area contributed by atoms with Gasteiger partial charge in [0.05, 0.1) is 26.4 Å². The highest BCUT2D eigenvalue weighted by molar-refractivity contribution is 5.80. The Morgan fingerprint density at radius 2 is 0.642 bits per heavy atom.